The Labute approximate surface area is 216 Å². The number of aromatic nitrogens is 4. The van der Waals surface area contributed by atoms with Crippen LogP contribution in [0.2, 0.25) is 0 Å². The van der Waals surface area contributed by atoms with Crippen molar-refractivity contribution in [1.82, 2.24) is 24.6 Å². The fraction of sp³-hybridized carbons (Fsp3) is 0.429. The summed E-state index contributed by atoms with van der Waals surface area (Å²) in [6.45, 7) is 6.51. The van der Waals surface area contributed by atoms with Gasteiger partial charge in [-0.05, 0) is 64.7 Å². The zero-order valence-electron chi connectivity index (χ0n) is 21.4. The number of hydrogen-bond donors (Lipinski definition) is 1. The molecule has 1 unspecified atom stereocenters. The predicted octanol–water partition coefficient (Wildman–Crippen LogP) is 4.80. The Balaban J connectivity index is 1.22. The lowest BCUT2D eigenvalue weighted by Crippen LogP contribution is -2.54. The van der Waals surface area contributed by atoms with Gasteiger partial charge in [0, 0.05) is 54.3 Å². The molecule has 2 saturated heterocycles. The molecule has 37 heavy (non-hydrogen) atoms. The van der Waals surface area contributed by atoms with Crippen LogP contribution in [0.3, 0.4) is 0 Å². The number of imidazole rings is 1. The quantitative estimate of drug-likeness (QED) is 0.552. The molecule has 3 aromatic rings. The summed E-state index contributed by atoms with van der Waals surface area (Å²) in [5.74, 6) is 0.999. The molecule has 5 heterocycles. The van der Waals surface area contributed by atoms with Crippen molar-refractivity contribution in [2.24, 2.45) is 0 Å². The van der Waals surface area contributed by atoms with Gasteiger partial charge in [-0.1, -0.05) is 12.2 Å². The summed E-state index contributed by atoms with van der Waals surface area (Å²) in [4.78, 5) is 21.2. The first-order valence-corrected chi connectivity index (χ1v) is 12.9. The van der Waals surface area contributed by atoms with Crippen LogP contribution in [-0.2, 0) is 4.74 Å². The van der Waals surface area contributed by atoms with E-state index >= 15 is 0 Å². The standard InChI is InChI=1S/C28H32N6O3/c1-28(2,3)37-27(36)34-20-6-7-21(34)15-22(14-20)33-11-4-5-18-13-24(30-31-26(18)33)23-9-8-19(16-25(23)35)32-12-10-29-17-32/h4-5,8-10,12-13,16-17,20-22,35H,6-7,11,14-15H2,1-3H3/t20-,21+,22?. The Morgan fingerprint density at radius 2 is 1.86 bits per heavy atom. The van der Waals surface area contributed by atoms with Gasteiger partial charge in [0.15, 0.2) is 5.82 Å². The van der Waals surface area contributed by atoms with Crippen molar-refractivity contribution in [2.75, 3.05) is 11.4 Å². The number of nitrogens with zero attached hydrogens (tertiary/aromatic N) is 6. The second kappa shape index (κ2) is 8.90. The molecule has 9 nitrogen and oxygen atoms in total. The molecule has 1 N–H and O–H groups in total. The van der Waals surface area contributed by atoms with Gasteiger partial charge in [-0.2, -0.15) is 0 Å². The van der Waals surface area contributed by atoms with Gasteiger partial charge in [-0.3, -0.25) is 0 Å². The number of phenols is 1. The number of anilines is 1. The van der Waals surface area contributed by atoms with E-state index in [2.05, 4.69) is 32.2 Å². The molecule has 192 valence electrons. The highest BCUT2D eigenvalue weighted by Crippen LogP contribution is 2.41. The predicted molar refractivity (Wildman–Crippen MR) is 141 cm³/mol. The van der Waals surface area contributed by atoms with Gasteiger partial charge in [-0.25, -0.2) is 9.78 Å². The molecule has 0 radical (unpaired) electrons. The van der Waals surface area contributed by atoms with Crippen molar-refractivity contribution < 1.29 is 14.6 Å². The third-order valence-electron chi connectivity index (χ3n) is 7.49. The van der Waals surface area contributed by atoms with Crippen molar-refractivity contribution in [1.29, 1.82) is 0 Å². The smallest absolute Gasteiger partial charge is 0.410 e. The first-order chi connectivity index (χ1) is 17.8. The van der Waals surface area contributed by atoms with E-state index in [4.69, 9.17) is 4.74 Å². The highest BCUT2D eigenvalue weighted by atomic mass is 16.6. The number of aromatic hydroxyl groups is 1. The second-order valence-electron chi connectivity index (χ2n) is 11.1. The molecule has 1 amide bonds. The fourth-order valence-electron chi connectivity index (χ4n) is 5.90. The summed E-state index contributed by atoms with van der Waals surface area (Å²) < 4.78 is 7.54. The van der Waals surface area contributed by atoms with Crippen LogP contribution in [-0.4, -0.2) is 66.1 Å². The number of benzene rings is 1. The number of ether oxygens (including phenoxy) is 1. The van der Waals surface area contributed by atoms with Crippen LogP contribution in [0.25, 0.3) is 23.0 Å². The topological polar surface area (TPSA) is 96.6 Å². The van der Waals surface area contributed by atoms with Crippen molar-refractivity contribution in [3.05, 3.63) is 54.6 Å². The maximum atomic E-state index is 12.9. The van der Waals surface area contributed by atoms with Gasteiger partial charge >= 0.3 is 6.09 Å². The van der Waals surface area contributed by atoms with E-state index < -0.39 is 5.60 Å². The maximum Gasteiger partial charge on any atom is 0.410 e. The number of hydrogen-bond acceptors (Lipinski definition) is 7. The fourth-order valence-corrected chi connectivity index (χ4v) is 5.90. The first kappa shape index (κ1) is 23.5. The average molecular weight is 501 g/mol. The number of fused-ring (bicyclic) bond motifs is 3. The highest BCUT2D eigenvalue weighted by molar-refractivity contribution is 5.75. The Kier molecular flexibility index (Phi) is 5.66. The Morgan fingerprint density at radius 1 is 1.08 bits per heavy atom. The Hall–Kier alpha value is -3.88. The van der Waals surface area contributed by atoms with Gasteiger partial charge in [0.05, 0.1) is 17.7 Å². The largest absolute Gasteiger partial charge is 0.507 e. The Morgan fingerprint density at radius 3 is 2.54 bits per heavy atom. The highest BCUT2D eigenvalue weighted by Gasteiger charge is 2.46. The average Bonchev–Trinajstić information content (AvgIpc) is 3.49. The van der Waals surface area contributed by atoms with E-state index in [1.54, 1.807) is 18.6 Å². The van der Waals surface area contributed by atoms with Crippen LogP contribution in [0.1, 0.15) is 52.0 Å². The van der Waals surface area contributed by atoms with Gasteiger partial charge in [-0.15, -0.1) is 10.2 Å². The third kappa shape index (κ3) is 4.43. The number of rotatable bonds is 3. The van der Waals surface area contributed by atoms with Gasteiger partial charge in [0.2, 0.25) is 0 Å². The first-order valence-electron chi connectivity index (χ1n) is 12.9. The Bertz CT molecular complexity index is 1330. The number of piperidine rings is 1. The van der Waals surface area contributed by atoms with E-state index in [1.165, 1.54) is 0 Å². The molecule has 0 spiro atoms. The van der Waals surface area contributed by atoms with E-state index in [9.17, 15) is 9.90 Å². The van der Waals surface area contributed by atoms with Crippen molar-refractivity contribution >= 4 is 18.0 Å². The molecule has 2 aromatic heterocycles. The molecular weight excluding hydrogens is 468 g/mol. The molecular formula is C28H32N6O3. The molecule has 0 aliphatic carbocycles. The minimum Gasteiger partial charge on any atom is -0.507 e. The molecule has 2 fully saturated rings. The molecule has 3 atom stereocenters. The monoisotopic (exact) mass is 500 g/mol. The molecule has 3 aliphatic rings. The lowest BCUT2D eigenvalue weighted by molar-refractivity contribution is 0.00587. The zero-order chi connectivity index (χ0) is 25.7. The maximum absolute atomic E-state index is 12.9. The molecule has 0 saturated carbocycles. The van der Waals surface area contributed by atoms with Gasteiger partial charge < -0.3 is 24.2 Å². The summed E-state index contributed by atoms with van der Waals surface area (Å²) in [6, 6.07) is 8.12. The van der Waals surface area contributed by atoms with Crippen molar-refractivity contribution in [3.8, 4) is 22.7 Å². The van der Waals surface area contributed by atoms with Gasteiger partial charge in [0.25, 0.3) is 0 Å². The summed E-state index contributed by atoms with van der Waals surface area (Å²) in [5.41, 5.74) is 2.57. The molecule has 1 aromatic carbocycles. The minimum absolute atomic E-state index is 0.142. The van der Waals surface area contributed by atoms with Crippen LogP contribution in [0.5, 0.6) is 5.75 Å². The lowest BCUT2D eigenvalue weighted by atomic mass is 9.95. The molecule has 2 bridgehead atoms. The second-order valence-corrected chi connectivity index (χ2v) is 11.1. The zero-order valence-corrected chi connectivity index (χ0v) is 21.4. The summed E-state index contributed by atoms with van der Waals surface area (Å²) >= 11 is 0. The molecule has 6 rings (SSSR count). The number of carbonyl (C=O) groups excluding carboxylic acids is 1. The number of amides is 1. The SMILES string of the molecule is CC(C)(C)OC(=O)N1[C@@H]2CC[C@H]1CC(N1CC=Cc3cc(-c4ccc(-n5ccnc5)cc4O)nnc31)C2. The van der Waals surface area contributed by atoms with E-state index in [-0.39, 0.29) is 30.0 Å². The van der Waals surface area contributed by atoms with Crippen LogP contribution >= 0.6 is 0 Å². The van der Waals surface area contributed by atoms with Crippen molar-refractivity contribution in [2.45, 2.75) is 70.2 Å². The lowest BCUT2D eigenvalue weighted by Gasteiger charge is -2.44. The summed E-state index contributed by atoms with van der Waals surface area (Å²) in [7, 11) is 0. The molecule has 9 heteroatoms. The van der Waals surface area contributed by atoms with E-state index in [1.807, 2.05) is 54.6 Å². The normalized spacial score (nSPS) is 22.7. The van der Waals surface area contributed by atoms with Crippen LogP contribution in [0.15, 0.2) is 49.1 Å². The molecule has 3 aliphatic heterocycles. The number of carbonyl (C=O) groups is 1. The van der Waals surface area contributed by atoms with E-state index in [0.717, 1.165) is 49.3 Å². The summed E-state index contributed by atoms with van der Waals surface area (Å²) in [6.07, 6.45) is 13.1. The summed E-state index contributed by atoms with van der Waals surface area (Å²) in [5, 5.41) is 19.9. The van der Waals surface area contributed by atoms with E-state index in [0.29, 0.717) is 11.3 Å². The minimum atomic E-state index is -0.495. The van der Waals surface area contributed by atoms with Crippen LogP contribution < -0.4 is 4.90 Å². The number of phenolic OH excluding ortho intramolecular Hbond substituents is 1. The van der Waals surface area contributed by atoms with Crippen LogP contribution in [0, 0.1) is 0 Å². The van der Waals surface area contributed by atoms with Gasteiger partial charge in [0.1, 0.15) is 11.4 Å². The van der Waals surface area contributed by atoms with Crippen LogP contribution in [0.4, 0.5) is 10.6 Å². The van der Waals surface area contributed by atoms with Crippen molar-refractivity contribution in [3.63, 3.8) is 0 Å². The third-order valence-corrected chi connectivity index (χ3v) is 7.49.